The number of hydrazone groups is 1. The van der Waals surface area contributed by atoms with Gasteiger partial charge in [-0.25, -0.2) is 9.97 Å². The van der Waals surface area contributed by atoms with E-state index < -0.39 is 22.7 Å². The van der Waals surface area contributed by atoms with Gasteiger partial charge in [-0.15, -0.1) is 0 Å². The van der Waals surface area contributed by atoms with Crippen LogP contribution in [0.15, 0.2) is 29.5 Å². The number of nitrogens with one attached hydrogen (secondary N) is 1. The third-order valence-electron chi connectivity index (χ3n) is 2.67. The van der Waals surface area contributed by atoms with Gasteiger partial charge in [0.15, 0.2) is 10.9 Å². The number of hydrogen-bond donors (Lipinski definition) is 1. The summed E-state index contributed by atoms with van der Waals surface area (Å²) in [6.07, 6.45) is -3.86. The summed E-state index contributed by atoms with van der Waals surface area (Å²) in [6, 6.07) is 4.59. The summed E-state index contributed by atoms with van der Waals surface area (Å²) in [4.78, 5) is 7.06. The summed E-state index contributed by atoms with van der Waals surface area (Å²) in [5.41, 5.74) is 0.836. The van der Waals surface area contributed by atoms with E-state index in [1.807, 2.05) is 0 Å². The van der Waals surface area contributed by atoms with Gasteiger partial charge in [-0.1, -0.05) is 52.5 Å². The molecule has 0 aliphatic carbocycles. The molecule has 0 aliphatic rings. The molecule has 1 aromatic carbocycles. The number of benzene rings is 1. The maximum Gasteiger partial charge on any atom is 0.437 e. The Kier molecular flexibility index (Phi) is 6.14. The molecule has 0 spiro atoms. The van der Waals surface area contributed by atoms with Crippen LogP contribution in [0.4, 0.5) is 13.2 Å². The Labute approximate surface area is 154 Å². The minimum Gasteiger partial charge on any atom is -0.305 e. The van der Waals surface area contributed by atoms with Crippen molar-refractivity contribution in [1.29, 1.82) is 0 Å². The minimum atomic E-state index is -4.80. The van der Waals surface area contributed by atoms with Crippen LogP contribution in [-0.4, -0.2) is 21.9 Å². The van der Waals surface area contributed by atoms with Crippen molar-refractivity contribution >= 4 is 52.1 Å². The number of aromatic nitrogens is 2. The van der Waals surface area contributed by atoms with Crippen molar-refractivity contribution in [2.45, 2.75) is 12.7 Å². The van der Waals surface area contributed by atoms with Gasteiger partial charge in [0.05, 0.1) is 12.7 Å². The Morgan fingerprint density at radius 1 is 1.17 bits per heavy atom. The molecule has 1 N–H and O–H groups in total. The smallest absolute Gasteiger partial charge is 0.305 e. The Balaban J connectivity index is 2.27. The molecule has 0 radical (unpaired) electrons. The van der Waals surface area contributed by atoms with E-state index in [4.69, 9.17) is 46.4 Å². The fraction of sp³-hybridized carbons (Fsp3) is 0.154. The van der Waals surface area contributed by atoms with Crippen molar-refractivity contribution in [3.63, 3.8) is 0 Å². The van der Waals surface area contributed by atoms with Crippen LogP contribution in [0.1, 0.15) is 11.3 Å². The van der Waals surface area contributed by atoms with E-state index in [0.29, 0.717) is 15.6 Å². The summed E-state index contributed by atoms with van der Waals surface area (Å²) in [7, 11) is 0. The van der Waals surface area contributed by atoms with E-state index in [2.05, 4.69) is 20.5 Å². The summed E-state index contributed by atoms with van der Waals surface area (Å²) < 4.78 is 39.5. The highest BCUT2D eigenvalue weighted by atomic mass is 35.5. The monoisotopic (exact) mass is 416 g/mol. The molecule has 24 heavy (non-hydrogen) atoms. The zero-order chi connectivity index (χ0) is 17.9. The fourth-order valence-corrected chi connectivity index (χ4v) is 2.51. The zero-order valence-corrected chi connectivity index (χ0v) is 14.5. The molecule has 1 heterocycles. The highest BCUT2D eigenvalue weighted by Gasteiger charge is 2.39. The lowest BCUT2D eigenvalue weighted by Crippen LogP contribution is -2.28. The molecule has 0 aliphatic heterocycles. The maximum atomic E-state index is 13.2. The van der Waals surface area contributed by atoms with Gasteiger partial charge in [0.2, 0.25) is 0 Å². The molecule has 0 saturated heterocycles. The summed E-state index contributed by atoms with van der Waals surface area (Å²) in [5.74, 6) is 0. The third-order valence-corrected chi connectivity index (χ3v) is 3.70. The first-order valence-corrected chi connectivity index (χ1v) is 7.69. The molecular weight excluding hydrogens is 411 g/mol. The van der Waals surface area contributed by atoms with Crippen LogP contribution in [0.25, 0.3) is 0 Å². The quantitative estimate of drug-likeness (QED) is 0.553. The molecule has 128 valence electrons. The van der Waals surface area contributed by atoms with Gasteiger partial charge in [-0.05, 0) is 17.7 Å². The van der Waals surface area contributed by atoms with Gasteiger partial charge in [-0.2, -0.15) is 18.3 Å². The van der Waals surface area contributed by atoms with E-state index in [1.165, 1.54) is 6.07 Å². The average molecular weight is 418 g/mol. The number of rotatable bonds is 4. The summed E-state index contributed by atoms with van der Waals surface area (Å²) in [5, 5.41) is 3.40. The molecule has 0 fully saturated rings. The third kappa shape index (κ3) is 4.86. The number of halogens is 7. The molecule has 0 bridgehead atoms. The van der Waals surface area contributed by atoms with Crippen molar-refractivity contribution in [2.24, 2.45) is 5.10 Å². The van der Waals surface area contributed by atoms with Crippen LogP contribution < -0.4 is 5.43 Å². The lowest BCUT2D eigenvalue weighted by atomic mass is 10.2. The Bertz CT molecular complexity index is 780. The predicted molar refractivity (Wildman–Crippen MR) is 87.9 cm³/mol. The van der Waals surface area contributed by atoms with Crippen molar-refractivity contribution < 1.29 is 13.2 Å². The largest absolute Gasteiger partial charge is 0.437 e. The van der Waals surface area contributed by atoms with Gasteiger partial charge < -0.3 is 5.43 Å². The summed E-state index contributed by atoms with van der Waals surface area (Å²) in [6.45, 7) is -0.0613. The topological polar surface area (TPSA) is 50.2 Å². The lowest BCUT2D eigenvalue weighted by molar-refractivity contribution is -0.0586. The summed E-state index contributed by atoms with van der Waals surface area (Å²) >= 11 is 22.9. The molecule has 1 aromatic heterocycles. The van der Waals surface area contributed by atoms with E-state index in [1.54, 1.807) is 12.1 Å². The van der Waals surface area contributed by atoms with Gasteiger partial charge in [-0.3, -0.25) is 0 Å². The van der Waals surface area contributed by atoms with Gasteiger partial charge >= 0.3 is 6.18 Å². The molecule has 0 saturated carbocycles. The average Bonchev–Trinajstić information content (AvgIpc) is 2.45. The van der Waals surface area contributed by atoms with Gasteiger partial charge in [0.25, 0.3) is 0 Å². The first-order chi connectivity index (χ1) is 11.2. The van der Waals surface area contributed by atoms with Crippen molar-refractivity contribution in [2.75, 3.05) is 0 Å². The molecule has 4 nitrogen and oxygen atoms in total. The van der Waals surface area contributed by atoms with E-state index in [0.717, 1.165) is 6.20 Å². The van der Waals surface area contributed by atoms with Crippen LogP contribution >= 0.6 is 46.4 Å². The van der Waals surface area contributed by atoms with Crippen molar-refractivity contribution in [1.82, 2.24) is 15.4 Å². The van der Waals surface area contributed by atoms with E-state index in [-0.39, 0.29) is 11.7 Å². The molecular formula is C13H7Cl4F3N4. The van der Waals surface area contributed by atoms with Gasteiger partial charge in [0.1, 0.15) is 10.8 Å². The number of hydrogen-bond acceptors (Lipinski definition) is 4. The Morgan fingerprint density at radius 2 is 1.88 bits per heavy atom. The molecule has 0 unspecified atom stereocenters. The Morgan fingerprint density at radius 3 is 2.46 bits per heavy atom. The van der Waals surface area contributed by atoms with Gasteiger partial charge in [0, 0.05) is 10.0 Å². The molecule has 11 heteroatoms. The predicted octanol–water partition coefficient (Wildman–Crippen LogP) is 5.15. The molecule has 0 atom stereocenters. The highest BCUT2D eigenvalue weighted by Crippen LogP contribution is 2.26. The number of alkyl halides is 3. The van der Waals surface area contributed by atoms with E-state index >= 15 is 0 Å². The Hall–Kier alpha value is -1.28. The maximum absolute atomic E-state index is 13.2. The highest BCUT2D eigenvalue weighted by molar-refractivity contribution is 6.35. The zero-order valence-electron chi connectivity index (χ0n) is 11.5. The van der Waals surface area contributed by atoms with Crippen LogP contribution in [0, 0.1) is 0 Å². The lowest BCUT2D eigenvalue weighted by Gasteiger charge is -2.12. The first-order valence-electron chi connectivity index (χ1n) is 6.18. The second kappa shape index (κ2) is 7.74. The molecule has 2 aromatic rings. The molecule has 2 rings (SSSR count). The van der Waals surface area contributed by atoms with Crippen LogP contribution in [0.5, 0.6) is 0 Å². The second-order valence-corrected chi connectivity index (χ2v) is 5.95. The minimum absolute atomic E-state index is 0.0613. The fourth-order valence-electron chi connectivity index (χ4n) is 1.62. The van der Waals surface area contributed by atoms with Crippen molar-refractivity contribution in [3.05, 3.63) is 56.0 Å². The SMILES string of the molecule is FC(F)(F)/C(=N\NCc1ccc(Cl)cc1Cl)c1ncc(Cl)nc1Cl. The second-order valence-electron chi connectivity index (χ2n) is 4.36. The standard InChI is InChI=1S/C13H7Cl4F3N4/c14-7-2-1-6(8(15)3-7)4-22-24-11(13(18,19)20)10-12(17)23-9(16)5-21-10/h1-3,5,22H,4H2/b24-11-. The molecule has 0 amide bonds. The number of nitrogens with zero attached hydrogens (tertiary/aromatic N) is 3. The van der Waals surface area contributed by atoms with E-state index in [9.17, 15) is 13.2 Å². The van der Waals surface area contributed by atoms with Crippen LogP contribution in [0.3, 0.4) is 0 Å². The normalized spacial score (nSPS) is 12.4. The first kappa shape index (κ1) is 19.1. The van der Waals surface area contributed by atoms with Crippen LogP contribution in [0.2, 0.25) is 20.4 Å². The van der Waals surface area contributed by atoms with Crippen molar-refractivity contribution in [3.8, 4) is 0 Å². The van der Waals surface area contributed by atoms with Crippen LogP contribution in [-0.2, 0) is 6.54 Å².